The molecule has 1 rings (SSSR count). The number of nitrogens with one attached hydrogen (secondary N) is 1. The number of amides is 1. The van der Waals surface area contributed by atoms with Crippen LogP contribution in [-0.2, 0) is 9.53 Å². The molecule has 102 valence electrons. The smallest absolute Gasteiger partial charge is 0.328 e. The molecule has 0 bridgehead atoms. The molecule has 1 atom stereocenters. The van der Waals surface area contributed by atoms with Crippen molar-refractivity contribution < 1.29 is 23.6 Å². The van der Waals surface area contributed by atoms with E-state index in [9.17, 15) is 24.1 Å². The number of hydrogen-bond acceptors (Lipinski definition) is 5. The SMILES string of the molecule is COC(=O)C(C)NC(=O)c1ccc(F)cc1[N+](=O)[O-]. The Labute approximate surface area is 107 Å². The van der Waals surface area contributed by atoms with Crippen molar-refractivity contribution in [3.8, 4) is 0 Å². The van der Waals surface area contributed by atoms with E-state index >= 15 is 0 Å². The van der Waals surface area contributed by atoms with Gasteiger partial charge in [-0.25, -0.2) is 9.18 Å². The van der Waals surface area contributed by atoms with Crippen LogP contribution in [0.25, 0.3) is 0 Å². The number of rotatable bonds is 4. The summed E-state index contributed by atoms with van der Waals surface area (Å²) in [4.78, 5) is 32.7. The molecule has 19 heavy (non-hydrogen) atoms. The molecular formula is C11H11FN2O5. The molecule has 0 aliphatic rings. The topological polar surface area (TPSA) is 98.5 Å². The number of ether oxygens (including phenoxy) is 1. The van der Waals surface area contributed by atoms with Gasteiger partial charge in [-0.05, 0) is 19.1 Å². The highest BCUT2D eigenvalue weighted by atomic mass is 19.1. The largest absolute Gasteiger partial charge is 0.467 e. The lowest BCUT2D eigenvalue weighted by Crippen LogP contribution is -2.39. The third kappa shape index (κ3) is 3.47. The van der Waals surface area contributed by atoms with E-state index in [1.165, 1.54) is 6.92 Å². The highest BCUT2D eigenvalue weighted by Gasteiger charge is 2.24. The molecule has 0 aromatic heterocycles. The maximum absolute atomic E-state index is 12.9. The van der Waals surface area contributed by atoms with Gasteiger partial charge in [-0.3, -0.25) is 14.9 Å². The maximum atomic E-state index is 12.9. The van der Waals surface area contributed by atoms with Crippen LogP contribution in [0.5, 0.6) is 0 Å². The monoisotopic (exact) mass is 270 g/mol. The fourth-order valence-electron chi connectivity index (χ4n) is 1.36. The van der Waals surface area contributed by atoms with Gasteiger partial charge in [-0.1, -0.05) is 0 Å². The third-order valence-electron chi connectivity index (χ3n) is 2.30. The predicted molar refractivity (Wildman–Crippen MR) is 62.0 cm³/mol. The summed E-state index contributed by atoms with van der Waals surface area (Å²) < 4.78 is 17.3. The number of methoxy groups -OCH3 is 1. The van der Waals surface area contributed by atoms with Crippen molar-refractivity contribution in [3.05, 3.63) is 39.7 Å². The van der Waals surface area contributed by atoms with Crippen molar-refractivity contribution in [1.82, 2.24) is 5.32 Å². The van der Waals surface area contributed by atoms with Crippen LogP contribution in [0.3, 0.4) is 0 Å². The minimum absolute atomic E-state index is 0.331. The molecule has 0 heterocycles. The zero-order chi connectivity index (χ0) is 14.6. The number of halogens is 1. The van der Waals surface area contributed by atoms with Crippen molar-refractivity contribution in [2.45, 2.75) is 13.0 Å². The fourth-order valence-corrected chi connectivity index (χ4v) is 1.36. The number of benzene rings is 1. The van der Waals surface area contributed by atoms with Gasteiger partial charge >= 0.3 is 5.97 Å². The Morgan fingerprint density at radius 3 is 2.63 bits per heavy atom. The fraction of sp³-hybridized carbons (Fsp3) is 0.273. The molecule has 1 N–H and O–H groups in total. The second kappa shape index (κ2) is 5.89. The number of carbonyl (C=O) groups excluding carboxylic acids is 2. The number of esters is 1. The Morgan fingerprint density at radius 2 is 2.11 bits per heavy atom. The predicted octanol–water partition coefficient (Wildman–Crippen LogP) is 1.03. The lowest BCUT2D eigenvalue weighted by molar-refractivity contribution is -0.385. The first-order chi connectivity index (χ1) is 8.86. The highest BCUT2D eigenvalue weighted by molar-refractivity contribution is 6.00. The molecule has 7 nitrogen and oxygen atoms in total. The molecule has 0 fully saturated rings. The summed E-state index contributed by atoms with van der Waals surface area (Å²) in [5.74, 6) is -2.38. The van der Waals surface area contributed by atoms with E-state index in [1.807, 2.05) is 0 Å². The van der Waals surface area contributed by atoms with Gasteiger partial charge < -0.3 is 10.1 Å². The Kier molecular flexibility index (Phi) is 4.51. The average Bonchev–Trinajstić information content (AvgIpc) is 2.37. The van der Waals surface area contributed by atoms with Crippen LogP contribution in [0.4, 0.5) is 10.1 Å². The van der Waals surface area contributed by atoms with E-state index in [1.54, 1.807) is 0 Å². The molecule has 0 saturated heterocycles. The molecule has 0 aliphatic heterocycles. The van der Waals surface area contributed by atoms with Crippen molar-refractivity contribution in [2.75, 3.05) is 7.11 Å². The van der Waals surface area contributed by atoms with Crippen molar-refractivity contribution >= 4 is 17.6 Å². The summed E-state index contributed by atoms with van der Waals surface area (Å²) in [6, 6.07) is 1.57. The van der Waals surface area contributed by atoms with Crippen LogP contribution in [-0.4, -0.2) is 30.0 Å². The number of nitro groups is 1. The summed E-state index contributed by atoms with van der Waals surface area (Å²) >= 11 is 0. The minimum Gasteiger partial charge on any atom is -0.467 e. The van der Waals surface area contributed by atoms with Crippen LogP contribution >= 0.6 is 0 Å². The lowest BCUT2D eigenvalue weighted by Gasteiger charge is -2.11. The van der Waals surface area contributed by atoms with Crippen molar-refractivity contribution in [3.63, 3.8) is 0 Å². The molecule has 1 aromatic rings. The number of hydrogen-bond donors (Lipinski definition) is 1. The van der Waals surface area contributed by atoms with Gasteiger partial charge in [0.2, 0.25) is 0 Å². The third-order valence-corrected chi connectivity index (χ3v) is 2.30. The first kappa shape index (κ1) is 14.6. The van der Waals surface area contributed by atoms with Gasteiger partial charge in [-0.15, -0.1) is 0 Å². The standard InChI is InChI=1S/C11H11FN2O5/c1-6(11(16)19-2)13-10(15)8-4-3-7(12)5-9(8)14(17)18/h3-6H,1-2H3,(H,13,15). The van der Waals surface area contributed by atoms with Gasteiger partial charge in [0.15, 0.2) is 0 Å². The first-order valence-electron chi connectivity index (χ1n) is 5.19. The molecular weight excluding hydrogens is 259 g/mol. The van der Waals surface area contributed by atoms with E-state index in [4.69, 9.17) is 0 Å². The normalized spacial score (nSPS) is 11.5. The van der Waals surface area contributed by atoms with E-state index in [-0.39, 0.29) is 5.56 Å². The average molecular weight is 270 g/mol. The second-order valence-corrected chi connectivity index (χ2v) is 3.64. The molecule has 0 aliphatic carbocycles. The van der Waals surface area contributed by atoms with E-state index in [0.717, 1.165) is 19.2 Å². The molecule has 0 spiro atoms. The molecule has 0 saturated carbocycles. The zero-order valence-electron chi connectivity index (χ0n) is 10.2. The molecule has 8 heteroatoms. The molecule has 1 unspecified atom stereocenters. The Bertz CT molecular complexity index is 532. The number of carbonyl (C=O) groups is 2. The number of nitro benzene ring substituents is 1. The summed E-state index contributed by atoms with van der Waals surface area (Å²) in [5, 5.41) is 12.9. The van der Waals surface area contributed by atoms with Crippen LogP contribution in [0, 0.1) is 15.9 Å². The van der Waals surface area contributed by atoms with Gasteiger partial charge in [0.25, 0.3) is 11.6 Å². The van der Waals surface area contributed by atoms with Crippen LogP contribution in [0.2, 0.25) is 0 Å². The summed E-state index contributed by atoms with van der Waals surface area (Å²) in [6.07, 6.45) is 0. The maximum Gasteiger partial charge on any atom is 0.328 e. The van der Waals surface area contributed by atoms with Crippen molar-refractivity contribution in [2.24, 2.45) is 0 Å². The highest BCUT2D eigenvalue weighted by Crippen LogP contribution is 2.19. The minimum atomic E-state index is -0.970. The Balaban J connectivity index is 3.00. The zero-order valence-corrected chi connectivity index (χ0v) is 10.2. The molecule has 0 radical (unpaired) electrons. The molecule has 1 amide bonds. The van der Waals surface area contributed by atoms with Crippen LogP contribution < -0.4 is 5.32 Å². The summed E-state index contributed by atoms with van der Waals surface area (Å²) in [7, 11) is 1.14. The Hall–Kier alpha value is -2.51. The van der Waals surface area contributed by atoms with E-state index < -0.39 is 34.3 Å². The summed E-state index contributed by atoms with van der Waals surface area (Å²) in [5.41, 5.74) is -1.00. The Morgan fingerprint density at radius 1 is 1.47 bits per heavy atom. The van der Waals surface area contributed by atoms with Crippen LogP contribution in [0.15, 0.2) is 18.2 Å². The van der Waals surface area contributed by atoms with Gasteiger partial charge in [0.1, 0.15) is 17.4 Å². The summed E-state index contributed by atoms with van der Waals surface area (Å²) in [6.45, 7) is 1.36. The van der Waals surface area contributed by atoms with Gasteiger partial charge in [-0.2, -0.15) is 0 Å². The second-order valence-electron chi connectivity index (χ2n) is 3.64. The first-order valence-corrected chi connectivity index (χ1v) is 5.19. The van der Waals surface area contributed by atoms with Crippen molar-refractivity contribution in [1.29, 1.82) is 0 Å². The van der Waals surface area contributed by atoms with E-state index in [2.05, 4.69) is 10.1 Å². The van der Waals surface area contributed by atoms with Gasteiger partial charge in [0.05, 0.1) is 18.1 Å². The van der Waals surface area contributed by atoms with Crippen LogP contribution in [0.1, 0.15) is 17.3 Å². The lowest BCUT2D eigenvalue weighted by atomic mass is 10.1. The van der Waals surface area contributed by atoms with Gasteiger partial charge in [0, 0.05) is 0 Å². The quantitative estimate of drug-likeness (QED) is 0.500. The van der Waals surface area contributed by atoms with E-state index in [0.29, 0.717) is 6.07 Å². The number of nitrogens with zero attached hydrogens (tertiary/aromatic N) is 1. The molecule has 1 aromatic carbocycles.